The smallest absolute Gasteiger partial charge is 0.135 e. The van der Waals surface area contributed by atoms with Crippen molar-refractivity contribution in [1.82, 2.24) is 9.88 Å². The van der Waals surface area contributed by atoms with Gasteiger partial charge in [-0.1, -0.05) is 6.92 Å². The lowest BCUT2D eigenvalue weighted by molar-refractivity contribution is -0.123. The largest absolute Gasteiger partial charge is 0.369 e. The van der Waals surface area contributed by atoms with Crippen LogP contribution in [0.2, 0.25) is 0 Å². The number of pyridine rings is 1. The highest BCUT2D eigenvalue weighted by Crippen LogP contribution is 2.33. The minimum atomic E-state index is -0.167. The van der Waals surface area contributed by atoms with Gasteiger partial charge in [-0.25, -0.2) is 0 Å². The van der Waals surface area contributed by atoms with E-state index in [1.54, 1.807) is 7.11 Å². The highest BCUT2D eigenvalue weighted by atomic mass is 16.5. The first-order valence-electron chi connectivity index (χ1n) is 5.39. The highest BCUT2D eigenvalue weighted by Gasteiger charge is 2.44. The molecule has 15 heavy (non-hydrogen) atoms. The Morgan fingerprint density at radius 3 is 2.80 bits per heavy atom. The third kappa shape index (κ3) is 1.77. The van der Waals surface area contributed by atoms with E-state index in [9.17, 15) is 0 Å². The molecule has 0 unspecified atom stereocenters. The molecule has 2 rings (SSSR count). The van der Waals surface area contributed by atoms with E-state index in [2.05, 4.69) is 36.0 Å². The summed E-state index contributed by atoms with van der Waals surface area (Å²) in [4.78, 5) is 6.68. The number of likely N-dealkylation sites (tertiary alicyclic amines) is 1. The Balaban J connectivity index is 2.27. The van der Waals surface area contributed by atoms with Crippen molar-refractivity contribution in [3.63, 3.8) is 0 Å². The van der Waals surface area contributed by atoms with Crippen LogP contribution in [0.3, 0.4) is 0 Å². The molecule has 2 heterocycles. The Labute approximate surface area is 91.1 Å². The third-order valence-corrected chi connectivity index (χ3v) is 3.14. The van der Waals surface area contributed by atoms with E-state index in [1.165, 1.54) is 5.56 Å². The SMILES string of the molecule is CCc1ccnc(C2(OC)CN(C)C2)c1. The summed E-state index contributed by atoms with van der Waals surface area (Å²) in [5.41, 5.74) is 2.23. The van der Waals surface area contributed by atoms with Gasteiger partial charge < -0.3 is 4.74 Å². The van der Waals surface area contributed by atoms with Gasteiger partial charge in [0, 0.05) is 26.4 Å². The number of aryl methyl sites for hydroxylation is 1. The molecule has 0 aliphatic carbocycles. The normalized spacial score (nSPS) is 19.9. The Kier molecular flexibility index (Phi) is 2.76. The summed E-state index contributed by atoms with van der Waals surface area (Å²) < 4.78 is 5.63. The summed E-state index contributed by atoms with van der Waals surface area (Å²) in [6.45, 7) is 4.03. The summed E-state index contributed by atoms with van der Waals surface area (Å²) in [5, 5.41) is 0. The quantitative estimate of drug-likeness (QED) is 0.748. The number of hydrogen-bond donors (Lipinski definition) is 0. The predicted molar refractivity (Wildman–Crippen MR) is 59.8 cm³/mol. The van der Waals surface area contributed by atoms with Crippen LogP contribution in [0.15, 0.2) is 18.3 Å². The summed E-state index contributed by atoms with van der Waals surface area (Å²) in [6.07, 6.45) is 2.93. The fraction of sp³-hybridized carbons (Fsp3) is 0.583. The predicted octanol–water partition coefficient (Wildman–Crippen LogP) is 1.43. The fourth-order valence-electron chi connectivity index (χ4n) is 2.16. The zero-order valence-electron chi connectivity index (χ0n) is 9.66. The molecule has 0 bridgehead atoms. The van der Waals surface area contributed by atoms with Gasteiger partial charge in [0.1, 0.15) is 5.60 Å². The standard InChI is InChI=1S/C12H18N2O/c1-4-10-5-6-13-11(7-10)12(15-3)8-14(2)9-12/h5-7H,4,8-9H2,1-3H3. The van der Waals surface area contributed by atoms with Crippen molar-refractivity contribution < 1.29 is 4.74 Å². The minimum Gasteiger partial charge on any atom is -0.369 e. The maximum absolute atomic E-state index is 5.63. The molecule has 0 atom stereocenters. The van der Waals surface area contributed by atoms with Crippen LogP contribution in [-0.4, -0.2) is 37.1 Å². The second kappa shape index (κ2) is 3.91. The van der Waals surface area contributed by atoms with Crippen LogP contribution >= 0.6 is 0 Å². The zero-order chi connectivity index (χ0) is 10.9. The third-order valence-electron chi connectivity index (χ3n) is 3.14. The summed E-state index contributed by atoms with van der Waals surface area (Å²) >= 11 is 0. The van der Waals surface area contributed by atoms with Crippen molar-refractivity contribution in [2.45, 2.75) is 18.9 Å². The Bertz CT molecular complexity index is 345. The lowest BCUT2D eigenvalue weighted by Crippen LogP contribution is -2.58. The van der Waals surface area contributed by atoms with Gasteiger partial charge in [0.15, 0.2) is 0 Å². The Morgan fingerprint density at radius 1 is 1.53 bits per heavy atom. The average molecular weight is 206 g/mol. The van der Waals surface area contributed by atoms with Gasteiger partial charge in [0.05, 0.1) is 5.69 Å². The first-order chi connectivity index (χ1) is 7.20. The number of nitrogens with zero attached hydrogens (tertiary/aromatic N) is 2. The zero-order valence-corrected chi connectivity index (χ0v) is 9.66. The van der Waals surface area contributed by atoms with Crippen LogP contribution in [0.4, 0.5) is 0 Å². The molecule has 0 spiro atoms. The van der Waals surface area contributed by atoms with E-state index in [0.717, 1.165) is 25.2 Å². The van der Waals surface area contributed by atoms with Crippen molar-refractivity contribution in [3.8, 4) is 0 Å². The molecular formula is C12H18N2O. The van der Waals surface area contributed by atoms with E-state index in [4.69, 9.17) is 4.74 Å². The molecular weight excluding hydrogens is 188 g/mol. The van der Waals surface area contributed by atoms with Crippen LogP contribution in [0.1, 0.15) is 18.2 Å². The molecule has 0 N–H and O–H groups in total. The molecule has 0 aromatic carbocycles. The second-order valence-electron chi connectivity index (χ2n) is 4.27. The summed E-state index contributed by atoms with van der Waals surface area (Å²) in [7, 11) is 3.87. The molecule has 1 saturated heterocycles. The Morgan fingerprint density at radius 2 is 2.27 bits per heavy atom. The highest BCUT2D eigenvalue weighted by molar-refractivity contribution is 5.24. The first kappa shape index (κ1) is 10.6. The van der Waals surface area contributed by atoms with Gasteiger partial charge in [-0.05, 0) is 31.2 Å². The van der Waals surface area contributed by atoms with Gasteiger partial charge in [0.2, 0.25) is 0 Å². The second-order valence-corrected chi connectivity index (χ2v) is 4.27. The van der Waals surface area contributed by atoms with Gasteiger partial charge in [-0.2, -0.15) is 0 Å². The fourth-order valence-corrected chi connectivity index (χ4v) is 2.16. The van der Waals surface area contributed by atoms with Crippen LogP contribution in [0, 0.1) is 0 Å². The van der Waals surface area contributed by atoms with Crippen LogP contribution in [0.5, 0.6) is 0 Å². The Hall–Kier alpha value is -0.930. The van der Waals surface area contributed by atoms with E-state index >= 15 is 0 Å². The molecule has 1 fully saturated rings. The van der Waals surface area contributed by atoms with Crippen LogP contribution in [0.25, 0.3) is 0 Å². The molecule has 1 aromatic heterocycles. The molecule has 1 aliphatic heterocycles. The number of aromatic nitrogens is 1. The molecule has 0 saturated carbocycles. The van der Waals surface area contributed by atoms with Crippen LogP contribution < -0.4 is 0 Å². The van der Waals surface area contributed by atoms with E-state index < -0.39 is 0 Å². The first-order valence-corrected chi connectivity index (χ1v) is 5.39. The molecule has 0 amide bonds. The lowest BCUT2D eigenvalue weighted by atomic mass is 9.89. The molecule has 0 radical (unpaired) electrons. The number of likely N-dealkylation sites (N-methyl/N-ethyl adjacent to an activating group) is 1. The van der Waals surface area contributed by atoms with Crippen molar-refractivity contribution in [3.05, 3.63) is 29.6 Å². The molecule has 82 valence electrons. The van der Waals surface area contributed by atoms with Crippen molar-refractivity contribution >= 4 is 0 Å². The monoisotopic (exact) mass is 206 g/mol. The maximum atomic E-state index is 5.63. The van der Waals surface area contributed by atoms with E-state index in [1.807, 2.05) is 6.20 Å². The number of hydrogen-bond acceptors (Lipinski definition) is 3. The topological polar surface area (TPSA) is 25.4 Å². The van der Waals surface area contributed by atoms with Gasteiger partial charge in [-0.15, -0.1) is 0 Å². The van der Waals surface area contributed by atoms with Crippen molar-refractivity contribution in [1.29, 1.82) is 0 Å². The van der Waals surface area contributed by atoms with Gasteiger partial charge >= 0.3 is 0 Å². The molecule has 3 nitrogen and oxygen atoms in total. The van der Waals surface area contributed by atoms with E-state index in [-0.39, 0.29) is 5.60 Å². The average Bonchev–Trinajstić information content (AvgIpc) is 2.24. The lowest BCUT2D eigenvalue weighted by Gasteiger charge is -2.46. The summed E-state index contributed by atoms with van der Waals surface area (Å²) in [5.74, 6) is 0. The minimum absolute atomic E-state index is 0.167. The van der Waals surface area contributed by atoms with E-state index in [0.29, 0.717) is 0 Å². The van der Waals surface area contributed by atoms with Crippen molar-refractivity contribution in [2.24, 2.45) is 0 Å². The summed E-state index contributed by atoms with van der Waals surface area (Å²) in [6, 6.07) is 4.23. The maximum Gasteiger partial charge on any atom is 0.135 e. The number of ether oxygens (including phenoxy) is 1. The van der Waals surface area contributed by atoms with Gasteiger partial charge in [-0.3, -0.25) is 9.88 Å². The van der Waals surface area contributed by atoms with Crippen LogP contribution in [-0.2, 0) is 16.8 Å². The molecule has 1 aliphatic rings. The van der Waals surface area contributed by atoms with Gasteiger partial charge in [0.25, 0.3) is 0 Å². The number of methoxy groups -OCH3 is 1. The molecule has 3 heteroatoms. The van der Waals surface area contributed by atoms with Crippen molar-refractivity contribution in [2.75, 3.05) is 27.2 Å². The number of rotatable bonds is 3. The molecule has 1 aromatic rings.